The molecule has 0 bridgehead atoms. The quantitative estimate of drug-likeness (QED) is 0.554. The number of amides is 1. The summed E-state index contributed by atoms with van der Waals surface area (Å²) in [6.07, 6.45) is 2.22. The Morgan fingerprint density at radius 3 is 2.08 bits per heavy atom. The van der Waals surface area contributed by atoms with E-state index in [1.165, 1.54) is 30.0 Å². The highest BCUT2D eigenvalue weighted by atomic mass is 32.2. The molecule has 0 aromatic carbocycles. The molecule has 2 aromatic rings. The van der Waals surface area contributed by atoms with Gasteiger partial charge in [0.2, 0.25) is 26.0 Å². The predicted octanol–water partition coefficient (Wildman–Crippen LogP) is -0.318. The molecule has 1 amide bonds. The van der Waals surface area contributed by atoms with Crippen LogP contribution in [-0.2, 0) is 37.9 Å². The zero-order valence-corrected chi connectivity index (χ0v) is 16.0. The molecule has 12 heteroatoms. The third-order valence-electron chi connectivity index (χ3n) is 3.29. The normalized spacial score (nSPS) is 12.2. The predicted molar refractivity (Wildman–Crippen MR) is 93.1 cm³/mol. The molecule has 0 aliphatic carbocycles. The zero-order chi connectivity index (χ0) is 18.7. The van der Waals surface area contributed by atoms with Crippen molar-refractivity contribution in [1.82, 2.24) is 19.3 Å². The molecular weight excluding hydrogens is 388 g/mol. The van der Waals surface area contributed by atoms with Crippen LogP contribution < -0.4 is 14.8 Å². The maximum atomic E-state index is 12.0. The minimum absolute atomic E-state index is 0.211. The van der Waals surface area contributed by atoms with Gasteiger partial charge >= 0.3 is 0 Å². The Kier molecular flexibility index (Phi) is 6.00. The molecule has 2 rings (SSSR count). The monoisotopic (exact) mass is 406 g/mol. The summed E-state index contributed by atoms with van der Waals surface area (Å²) in [5.74, 6) is -0.370. The first-order valence-electron chi connectivity index (χ1n) is 7.05. The van der Waals surface area contributed by atoms with Gasteiger partial charge in [0, 0.05) is 17.3 Å². The molecule has 138 valence electrons. The van der Waals surface area contributed by atoms with Crippen molar-refractivity contribution in [3.63, 3.8) is 0 Å². The van der Waals surface area contributed by atoms with Crippen LogP contribution in [0.3, 0.4) is 0 Å². The van der Waals surface area contributed by atoms with Gasteiger partial charge in [-0.3, -0.25) is 4.79 Å². The van der Waals surface area contributed by atoms with Crippen LogP contribution in [0.2, 0.25) is 0 Å². The van der Waals surface area contributed by atoms with Gasteiger partial charge in [0.1, 0.15) is 16.3 Å². The second-order valence-corrected chi connectivity index (χ2v) is 9.67. The smallest absolute Gasteiger partial charge is 0.243 e. The molecule has 25 heavy (non-hydrogen) atoms. The number of hydrogen-bond acceptors (Lipinski definition) is 6. The molecule has 0 saturated carbocycles. The van der Waals surface area contributed by atoms with E-state index in [1.54, 1.807) is 0 Å². The summed E-state index contributed by atoms with van der Waals surface area (Å²) < 4.78 is 53.6. The molecule has 0 aliphatic rings. The summed E-state index contributed by atoms with van der Waals surface area (Å²) in [5, 5.41) is 4.57. The molecule has 3 N–H and O–H groups in total. The lowest BCUT2D eigenvalue weighted by molar-refractivity contribution is -0.121. The Morgan fingerprint density at radius 2 is 1.64 bits per heavy atom. The number of nitrogens with one attached hydrogen (secondary N) is 3. The zero-order valence-electron chi connectivity index (χ0n) is 13.5. The van der Waals surface area contributed by atoms with Crippen molar-refractivity contribution in [2.24, 2.45) is 0 Å². The SMILES string of the molecule is CNS(=O)(=O)c1cn(CC(=O)NCc2cccs2)cc1S(=O)(=O)NC. The maximum Gasteiger partial charge on any atom is 0.243 e. The van der Waals surface area contributed by atoms with Crippen molar-refractivity contribution in [3.05, 3.63) is 34.8 Å². The number of aromatic nitrogens is 1. The van der Waals surface area contributed by atoms with Crippen LogP contribution in [-0.4, -0.2) is 41.4 Å². The fourth-order valence-electron chi connectivity index (χ4n) is 2.00. The lowest BCUT2D eigenvalue weighted by Gasteiger charge is -2.04. The Morgan fingerprint density at radius 1 is 1.08 bits per heavy atom. The van der Waals surface area contributed by atoms with Crippen molar-refractivity contribution in [3.8, 4) is 0 Å². The number of thiophene rings is 1. The lowest BCUT2D eigenvalue weighted by Crippen LogP contribution is -2.26. The molecule has 9 nitrogen and oxygen atoms in total. The summed E-state index contributed by atoms with van der Waals surface area (Å²) >= 11 is 1.49. The Bertz CT molecular complexity index is 894. The van der Waals surface area contributed by atoms with E-state index in [1.807, 2.05) is 17.5 Å². The number of hydrogen-bond donors (Lipinski definition) is 3. The van der Waals surface area contributed by atoms with E-state index < -0.39 is 29.8 Å². The van der Waals surface area contributed by atoms with E-state index in [0.29, 0.717) is 6.54 Å². The summed E-state index contributed by atoms with van der Waals surface area (Å²) in [5.41, 5.74) is 0. The van der Waals surface area contributed by atoms with Gasteiger partial charge in [0.05, 0.1) is 6.54 Å². The summed E-state index contributed by atoms with van der Waals surface area (Å²) in [6, 6.07) is 3.73. The van der Waals surface area contributed by atoms with E-state index in [9.17, 15) is 21.6 Å². The summed E-state index contributed by atoms with van der Waals surface area (Å²) in [7, 11) is -5.66. The third-order valence-corrected chi connectivity index (χ3v) is 7.18. The Labute approximate surface area is 150 Å². The maximum absolute atomic E-state index is 12.0. The molecule has 0 unspecified atom stereocenters. The van der Waals surface area contributed by atoms with Crippen molar-refractivity contribution in [2.45, 2.75) is 22.9 Å². The largest absolute Gasteiger partial charge is 0.350 e. The van der Waals surface area contributed by atoms with E-state index in [0.717, 1.165) is 17.3 Å². The number of nitrogens with zero attached hydrogens (tertiary/aromatic N) is 1. The number of sulfonamides is 2. The fraction of sp³-hybridized carbons (Fsp3) is 0.308. The highest BCUT2D eigenvalue weighted by Crippen LogP contribution is 2.21. The summed E-state index contributed by atoms with van der Waals surface area (Å²) in [6.45, 7) is 0.137. The van der Waals surface area contributed by atoms with Crippen LogP contribution in [0.15, 0.2) is 39.7 Å². The van der Waals surface area contributed by atoms with Crippen molar-refractivity contribution < 1.29 is 21.6 Å². The minimum Gasteiger partial charge on any atom is -0.350 e. The molecule has 0 spiro atoms. The van der Waals surface area contributed by atoms with Gasteiger partial charge in [-0.05, 0) is 25.5 Å². The minimum atomic E-state index is -4.00. The number of rotatable bonds is 8. The van der Waals surface area contributed by atoms with Crippen LogP contribution >= 0.6 is 11.3 Å². The molecule has 2 aromatic heterocycles. The molecule has 0 radical (unpaired) electrons. The van der Waals surface area contributed by atoms with Gasteiger partial charge in [-0.25, -0.2) is 26.3 Å². The second-order valence-electron chi connectivity index (χ2n) is 4.93. The molecular formula is C13H18N4O5S3. The standard InChI is InChI=1S/C13H18N4O5S3/c1-14-24(19,20)11-7-17(8-12(11)25(21,22)15-2)9-13(18)16-6-10-4-3-5-23-10/h3-5,7-8,14-15H,6,9H2,1-2H3,(H,16,18). The van der Waals surface area contributed by atoms with Crippen LogP contribution in [0, 0.1) is 0 Å². The third kappa shape index (κ3) is 4.67. The van der Waals surface area contributed by atoms with Crippen LogP contribution in [0.4, 0.5) is 0 Å². The van der Waals surface area contributed by atoms with Crippen molar-refractivity contribution >= 4 is 37.3 Å². The first-order chi connectivity index (χ1) is 11.7. The van der Waals surface area contributed by atoms with Crippen molar-refractivity contribution in [1.29, 1.82) is 0 Å². The van der Waals surface area contributed by atoms with Gasteiger partial charge in [0.15, 0.2) is 0 Å². The van der Waals surface area contributed by atoms with Gasteiger partial charge in [-0.2, -0.15) is 0 Å². The van der Waals surface area contributed by atoms with Gasteiger partial charge in [-0.15, -0.1) is 11.3 Å². The number of carbonyl (C=O) groups is 1. The average Bonchev–Trinajstić information content (AvgIpc) is 3.23. The van der Waals surface area contributed by atoms with E-state index in [4.69, 9.17) is 0 Å². The van der Waals surface area contributed by atoms with Crippen molar-refractivity contribution in [2.75, 3.05) is 14.1 Å². The molecule has 0 atom stereocenters. The lowest BCUT2D eigenvalue weighted by atomic mass is 10.4. The summed E-state index contributed by atoms with van der Waals surface area (Å²) in [4.78, 5) is 12.1. The Balaban J connectivity index is 2.24. The molecule has 2 heterocycles. The second kappa shape index (κ2) is 7.66. The fourth-order valence-corrected chi connectivity index (χ4v) is 4.93. The van der Waals surface area contributed by atoms with Crippen LogP contribution in [0.5, 0.6) is 0 Å². The van der Waals surface area contributed by atoms with Gasteiger partial charge in [-0.1, -0.05) is 6.07 Å². The van der Waals surface area contributed by atoms with Gasteiger partial charge in [0.25, 0.3) is 0 Å². The molecule has 0 aliphatic heterocycles. The van der Waals surface area contributed by atoms with E-state index in [2.05, 4.69) is 14.8 Å². The number of carbonyl (C=O) groups excluding carboxylic acids is 1. The highest BCUT2D eigenvalue weighted by Gasteiger charge is 2.27. The highest BCUT2D eigenvalue weighted by molar-refractivity contribution is 7.92. The average molecular weight is 407 g/mol. The van der Waals surface area contributed by atoms with Crippen LogP contribution in [0.1, 0.15) is 4.88 Å². The topological polar surface area (TPSA) is 126 Å². The first kappa shape index (κ1) is 19.6. The van der Waals surface area contributed by atoms with Crippen LogP contribution in [0.25, 0.3) is 0 Å². The van der Waals surface area contributed by atoms with E-state index >= 15 is 0 Å². The van der Waals surface area contributed by atoms with Gasteiger partial charge < -0.3 is 9.88 Å². The molecule has 0 fully saturated rings. The first-order valence-corrected chi connectivity index (χ1v) is 10.9. The molecule has 0 saturated heterocycles. The Hall–Kier alpha value is -1.73. The van der Waals surface area contributed by atoms with E-state index in [-0.39, 0.29) is 12.5 Å².